The summed E-state index contributed by atoms with van der Waals surface area (Å²) in [6.45, 7) is 1.32. The number of nitrogens with zero attached hydrogens (tertiary/aromatic N) is 2. The number of anilines is 1. The molecule has 86 valence electrons. The molecule has 0 radical (unpaired) electrons. The van der Waals surface area contributed by atoms with Crippen molar-refractivity contribution in [3.63, 3.8) is 0 Å². The molecule has 1 atom stereocenters. The van der Waals surface area contributed by atoms with Crippen molar-refractivity contribution in [2.45, 2.75) is 12.3 Å². The summed E-state index contributed by atoms with van der Waals surface area (Å²) in [7, 11) is 1.29. The van der Waals surface area contributed by atoms with E-state index >= 15 is 0 Å². The van der Waals surface area contributed by atoms with Crippen LogP contribution in [0.15, 0.2) is 6.20 Å². The second-order valence-corrected chi connectivity index (χ2v) is 3.58. The second kappa shape index (κ2) is 4.44. The average molecular weight is 223 g/mol. The SMILES string of the molecule is COC(=O)c1nc(C2CCOC2)cnc1N. The van der Waals surface area contributed by atoms with Gasteiger partial charge >= 0.3 is 5.97 Å². The Hall–Kier alpha value is -1.69. The molecule has 1 unspecified atom stereocenters. The van der Waals surface area contributed by atoms with Gasteiger partial charge in [-0.25, -0.2) is 14.8 Å². The van der Waals surface area contributed by atoms with Crippen molar-refractivity contribution in [3.8, 4) is 0 Å². The van der Waals surface area contributed by atoms with E-state index in [2.05, 4.69) is 14.7 Å². The van der Waals surface area contributed by atoms with Gasteiger partial charge in [-0.15, -0.1) is 0 Å². The van der Waals surface area contributed by atoms with E-state index in [1.165, 1.54) is 7.11 Å². The molecule has 0 amide bonds. The third kappa shape index (κ3) is 1.96. The van der Waals surface area contributed by atoms with Gasteiger partial charge in [0.2, 0.25) is 0 Å². The molecular formula is C10H13N3O3. The number of hydrogen-bond donors (Lipinski definition) is 1. The first-order chi connectivity index (χ1) is 7.72. The number of nitrogens with two attached hydrogens (primary N) is 1. The standard InChI is InChI=1S/C10H13N3O3/c1-15-10(14)8-9(11)12-4-7(13-8)6-2-3-16-5-6/h4,6H,2-3,5H2,1H3,(H2,11,12). The maximum Gasteiger partial charge on any atom is 0.360 e. The van der Waals surface area contributed by atoms with E-state index in [1.807, 2.05) is 0 Å². The number of methoxy groups -OCH3 is 1. The van der Waals surface area contributed by atoms with Crippen molar-refractivity contribution in [1.82, 2.24) is 9.97 Å². The number of ether oxygens (including phenoxy) is 2. The van der Waals surface area contributed by atoms with E-state index in [0.29, 0.717) is 13.2 Å². The highest BCUT2D eigenvalue weighted by molar-refractivity contribution is 5.91. The van der Waals surface area contributed by atoms with E-state index in [0.717, 1.165) is 12.1 Å². The Morgan fingerprint density at radius 3 is 3.12 bits per heavy atom. The Morgan fingerprint density at radius 2 is 2.50 bits per heavy atom. The largest absolute Gasteiger partial charge is 0.464 e. The molecule has 1 aliphatic rings. The maximum atomic E-state index is 11.4. The number of carbonyl (C=O) groups excluding carboxylic acids is 1. The van der Waals surface area contributed by atoms with Gasteiger partial charge in [0.05, 0.1) is 25.6 Å². The lowest BCUT2D eigenvalue weighted by Crippen LogP contribution is -2.13. The summed E-state index contributed by atoms with van der Waals surface area (Å²) >= 11 is 0. The number of carbonyl (C=O) groups is 1. The first-order valence-electron chi connectivity index (χ1n) is 5.01. The van der Waals surface area contributed by atoms with Gasteiger partial charge in [0.25, 0.3) is 0 Å². The lowest BCUT2D eigenvalue weighted by molar-refractivity contribution is 0.0594. The van der Waals surface area contributed by atoms with Crippen LogP contribution < -0.4 is 5.73 Å². The Balaban J connectivity index is 2.30. The van der Waals surface area contributed by atoms with Crippen molar-refractivity contribution in [1.29, 1.82) is 0 Å². The molecule has 0 aliphatic carbocycles. The average Bonchev–Trinajstić information content (AvgIpc) is 2.82. The number of rotatable bonds is 2. The zero-order valence-corrected chi connectivity index (χ0v) is 8.97. The van der Waals surface area contributed by atoms with Crippen molar-refractivity contribution in [2.24, 2.45) is 0 Å². The van der Waals surface area contributed by atoms with Crippen LogP contribution >= 0.6 is 0 Å². The molecule has 1 aromatic heterocycles. The fourth-order valence-corrected chi connectivity index (χ4v) is 1.62. The Morgan fingerprint density at radius 1 is 1.69 bits per heavy atom. The molecule has 6 heteroatoms. The van der Waals surface area contributed by atoms with Crippen molar-refractivity contribution >= 4 is 11.8 Å². The van der Waals surface area contributed by atoms with Gasteiger partial charge in [-0.05, 0) is 6.42 Å². The topological polar surface area (TPSA) is 87.3 Å². The third-order valence-electron chi connectivity index (χ3n) is 2.55. The number of esters is 1. The molecule has 1 aromatic rings. The zero-order chi connectivity index (χ0) is 11.5. The summed E-state index contributed by atoms with van der Waals surface area (Å²) in [6, 6.07) is 0. The number of hydrogen-bond acceptors (Lipinski definition) is 6. The Labute approximate surface area is 92.8 Å². The number of aromatic nitrogens is 2. The van der Waals surface area contributed by atoms with Crippen molar-refractivity contribution in [3.05, 3.63) is 17.6 Å². The normalized spacial score (nSPS) is 19.7. The molecule has 0 aromatic carbocycles. The van der Waals surface area contributed by atoms with Gasteiger partial charge in [0.15, 0.2) is 11.5 Å². The molecule has 1 saturated heterocycles. The van der Waals surface area contributed by atoms with Crippen LogP contribution in [0.2, 0.25) is 0 Å². The molecule has 16 heavy (non-hydrogen) atoms. The minimum absolute atomic E-state index is 0.0758. The van der Waals surface area contributed by atoms with Crippen molar-refractivity contribution in [2.75, 3.05) is 26.1 Å². The minimum atomic E-state index is -0.564. The summed E-state index contributed by atoms with van der Waals surface area (Å²) in [4.78, 5) is 19.5. The van der Waals surface area contributed by atoms with Crippen LogP contribution in [0.4, 0.5) is 5.82 Å². The van der Waals surface area contributed by atoms with E-state index in [9.17, 15) is 4.79 Å². The molecule has 0 saturated carbocycles. The third-order valence-corrected chi connectivity index (χ3v) is 2.55. The minimum Gasteiger partial charge on any atom is -0.464 e. The first-order valence-corrected chi connectivity index (χ1v) is 5.01. The molecule has 1 fully saturated rings. The zero-order valence-electron chi connectivity index (χ0n) is 8.97. The van der Waals surface area contributed by atoms with Gasteiger partial charge < -0.3 is 15.2 Å². The molecule has 6 nitrogen and oxygen atoms in total. The molecule has 0 spiro atoms. The van der Waals surface area contributed by atoms with Crippen LogP contribution in [-0.2, 0) is 9.47 Å². The molecule has 2 heterocycles. The van der Waals surface area contributed by atoms with Crippen LogP contribution in [0.5, 0.6) is 0 Å². The fourth-order valence-electron chi connectivity index (χ4n) is 1.62. The molecule has 2 N–H and O–H groups in total. The van der Waals surface area contributed by atoms with E-state index in [-0.39, 0.29) is 17.4 Å². The molecule has 0 bridgehead atoms. The highest BCUT2D eigenvalue weighted by Gasteiger charge is 2.22. The van der Waals surface area contributed by atoms with Gasteiger partial charge in [0, 0.05) is 12.5 Å². The maximum absolute atomic E-state index is 11.4. The Bertz CT molecular complexity index is 402. The van der Waals surface area contributed by atoms with Crippen molar-refractivity contribution < 1.29 is 14.3 Å². The van der Waals surface area contributed by atoms with Crippen LogP contribution in [0.25, 0.3) is 0 Å². The molecule has 1 aliphatic heterocycles. The molecular weight excluding hydrogens is 210 g/mol. The summed E-state index contributed by atoms with van der Waals surface area (Å²) in [5, 5.41) is 0. The number of nitrogen functional groups attached to an aromatic ring is 1. The summed E-state index contributed by atoms with van der Waals surface area (Å²) in [6.07, 6.45) is 2.47. The summed E-state index contributed by atoms with van der Waals surface area (Å²) < 4.78 is 9.84. The van der Waals surface area contributed by atoms with Crippen LogP contribution in [0, 0.1) is 0 Å². The lowest BCUT2D eigenvalue weighted by atomic mass is 10.1. The van der Waals surface area contributed by atoms with Gasteiger partial charge in [-0.3, -0.25) is 0 Å². The van der Waals surface area contributed by atoms with Crippen LogP contribution in [0.1, 0.15) is 28.5 Å². The molecule has 2 rings (SSSR count). The monoisotopic (exact) mass is 223 g/mol. The summed E-state index contributed by atoms with van der Waals surface area (Å²) in [5.41, 5.74) is 6.36. The van der Waals surface area contributed by atoms with Gasteiger partial charge in [-0.2, -0.15) is 0 Å². The van der Waals surface area contributed by atoms with Gasteiger partial charge in [-0.1, -0.05) is 0 Å². The predicted molar refractivity (Wildman–Crippen MR) is 56.0 cm³/mol. The predicted octanol–water partition coefficient (Wildman–Crippen LogP) is 0.349. The first kappa shape index (κ1) is 10.8. The fraction of sp³-hybridized carbons (Fsp3) is 0.500. The quantitative estimate of drug-likeness (QED) is 0.728. The highest BCUT2D eigenvalue weighted by Crippen LogP contribution is 2.24. The van der Waals surface area contributed by atoms with Gasteiger partial charge in [0.1, 0.15) is 0 Å². The van der Waals surface area contributed by atoms with Crippen LogP contribution in [0.3, 0.4) is 0 Å². The highest BCUT2D eigenvalue weighted by atomic mass is 16.5. The summed E-state index contributed by atoms with van der Waals surface area (Å²) in [5.74, 6) is -0.281. The smallest absolute Gasteiger partial charge is 0.360 e. The van der Waals surface area contributed by atoms with Crippen LogP contribution in [-0.4, -0.2) is 36.3 Å². The van der Waals surface area contributed by atoms with E-state index < -0.39 is 5.97 Å². The lowest BCUT2D eigenvalue weighted by Gasteiger charge is -2.08. The second-order valence-electron chi connectivity index (χ2n) is 3.58. The van der Waals surface area contributed by atoms with E-state index in [1.54, 1.807) is 6.20 Å². The van der Waals surface area contributed by atoms with E-state index in [4.69, 9.17) is 10.5 Å². The Kier molecular flexibility index (Phi) is 3.00.